The molecule has 1 aromatic rings. The fourth-order valence-corrected chi connectivity index (χ4v) is 4.31. The van der Waals surface area contributed by atoms with E-state index in [0.717, 1.165) is 42.7 Å². The zero-order valence-corrected chi connectivity index (χ0v) is 18.5. The zero-order valence-electron chi connectivity index (χ0n) is 16.2. The van der Waals surface area contributed by atoms with Gasteiger partial charge >= 0.3 is 0 Å². The lowest BCUT2D eigenvalue weighted by atomic mass is 9.86. The summed E-state index contributed by atoms with van der Waals surface area (Å²) < 4.78 is 10.9. The molecule has 1 aromatic carbocycles. The highest BCUT2D eigenvalue weighted by molar-refractivity contribution is 14.0. The summed E-state index contributed by atoms with van der Waals surface area (Å²) in [6, 6.07) is 5.96. The van der Waals surface area contributed by atoms with Crippen LogP contribution >= 0.6 is 24.0 Å². The average molecular weight is 473 g/mol. The van der Waals surface area contributed by atoms with Gasteiger partial charge in [0.05, 0.1) is 20.8 Å². The van der Waals surface area contributed by atoms with E-state index in [9.17, 15) is 0 Å². The number of para-hydroxylation sites is 1. The summed E-state index contributed by atoms with van der Waals surface area (Å²) in [6.45, 7) is 5.86. The molecule has 1 saturated heterocycles. The van der Waals surface area contributed by atoms with Gasteiger partial charge in [0.25, 0.3) is 0 Å². The predicted molar refractivity (Wildman–Crippen MR) is 117 cm³/mol. The second-order valence-corrected chi connectivity index (χ2v) is 7.20. The lowest BCUT2D eigenvalue weighted by Crippen LogP contribution is -2.41. The third-order valence-electron chi connectivity index (χ3n) is 5.62. The molecule has 1 N–H and O–H groups in total. The van der Waals surface area contributed by atoms with Crippen molar-refractivity contribution >= 4 is 29.9 Å². The number of guanidine groups is 1. The molecule has 0 aromatic heterocycles. The first-order valence-corrected chi connectivity index (χ1v) is 9.44. The summed E-state index contributed by atoms with van der Waals surface area (Å²) in [5.41, 5.74) is 1.59. The number of aliphatic imine (C=N–C) groups is 1. The van der Waals surface area contributed by atoms with Gasteiger partial charge in [0.15, 0.2) is 17.5 Å². The number of methoxy groups -OCH3 is 2. The van der Waals surface area contributed by atoms with Gasteiger partial charge in [-0.3, -0.25) is 0 Å². The van der Waals surface area contributed by atoms with Crippen LogP contribution in [0.2, 0.25) is 0 Å². The molecule has 1 saturated carbocycles. The Hall–Kier alpha value is -1.18. The molecule has 3 rings (SSSR count). The Labute approximate surface area is 174 Å². The summed E-state index contributed by atoms with van der Waals surface area (Å²) in [5, 5.41) is 3.47. The van der Waals surface area contributed by atoms with Crippen molar-refractivity contribution < 1.29 is 9.47 Å². The van der Waals surface area contributed by atoms with E-state index in [0.29, 0.717) is 12.0 Å². The highest BCUT2D eigenvalue weighted by atomic mass is 127. The van der Waals surface area contributed by atoms with Gasteiger partial charge in [0, 0.05) is 25.2 Å². The lowest BCUT2D eigenvalue weighted by Gasteiger charge is -2.26. The fraction of sp³-hybridized carbons (Fsp3) is 0.650. The Morgan fingerprint density at radius 2 is 1.96 bits per heavy atom. The SMILES string of the molecule is CCNC(=NCc1cccc(OC)c1OC)N1CCC2(CCCC2)C1.I. The van der Waals surface area contributed by atoms with Crippen molar-refractivity contribution in [1.82, 2.24) is 10.2 Å². The van der Waals surface area contributed by atoms with Gasteiger partial charge in [0.2, 0.25) is 0 Å². The summed E-state index contributed by atoms with van der Waals surface area (Å²) in [6.07, 6.45) is 6.85. The lowest BCUT2D eigenvalue weighted by molar-refractivity contribution is 0.309. The Morgan fingerprint density at radius 3 is 2.62 bits per heavy atom. The molecule has 0 unspecified atom stereocenters. The van der Waals surface area contributed by atoms with E-state index < -0.39 is 0 Å². The molecule has 1 aliphatic carbocycles. The number of nitrogens with zero attached hydrogens (tertiary/aromatic N) is 2. The molecule has 0 bridgehead atoms. The van der Waals surface area contributed by atoms with Crippen molar-refractivity contribution in [2.24, 2.45) is 10.4 Å². The Kier molecular flexibility index (Phi) is 7.85. The van der Waals surface area contributed by atoms with Crippen LogP contribution in [0.15, 0.2) is 23.2 Å². The summed E-state index contributed by atoms with van der Waals surface area (Å²) in [4.78, 5) is 7.35. The zero-order chi connectivity index (χ0) is 17.7. The van der Waals surface area contributed by atoms with Crippen LogP contribution in [0.5, 0.6) is 11.5 Å². The largest absolute Gasteiger partial charge is 0.493 e. The number of halogens is 1. The van der Waals surface area contributed by atoms with E-state index in [-0.39, 0.29) is 24.0 Å². The van der Waals surface area contributed by atoms with Crippen LogP contribution in [0.1, 0.15) is 44.6 Å². The third-order valence-corrected chi connectivity index (χ3v) is 5.62. The van der Waals surface area contributed by atoms with Crippen molar-refractivity contribution in [2.75, 3.05) is 33.9 Å². The van der Waals surface area contributed by atoms with E-state index in [2.05, 4.69) is 23.2 Å². The highest BCUT2D eigenvalue weighted by Crippen LogP contribution is 2.45. The van der Waals surface area contributed by atoms with Gasteiger partial charge in [-0.05, 0) is 37.7 Å². The van der Waals surface area contributed by atoms with Crippen molar-refractivity contribution in [3.05, 3.63) is 23.8 Å². The maximum absolute atomic E-state index is 5.53. The highest BCUT2D eigenvalue weighted by Gasteiger charge is 2.41. The molecule has 5 nitrogen and oxygen atoms in total. The number of nitrogens with one attached hydrogen (secondary N) is 1. The minimum Gasteiger partial charge on any atom is -0.493 e. The van der Waals surface area contributed by atoms with Gasteiger partial charge in [-0.1, -0.05) is 25.0 Å². The van der Waals surface area contributed by atoms with Crippen LogP contribution in [0, 0.1) is 5.41 Å². The number of likely N-dealkylation sites (tertiary alicyclic amines) is 1. The fourth-order valence-electron chi connectivity index (χ4n) is 4.31. The van der Waals surface area contributed by atoms with Crippen LogP contribution in [-0.2, 0) is 6.54 Å². The number of hydrogen-bond acceptors (Lipinski definition) is 3. The predicted octanol–water partition coefficient (Wildman–Crippen LogP) is 4.05. The maximum atomic E-state index is 5.53. The normalized spacial score (nSPS) is 18.7. The molecule has 1 aliphatic heterocycles. The van der Waals surface area contributed by atoms with Gasteiger partial charge < -0.3 is 19.7 Å². The van der Waals surface area contributed by atoms with Crippen LogP contribution in [0.3, 0.4) is 0 Å². The Bertz CT molecular complexity index is 615. The third kappa shape index (κ3) is 4.56. The maximum Gasteiger partial charge on any atom is 0.194 e. The van der Waals surface area contributed by atoms with Crippen LogP contribution in [0.25, 0.3) is 0 Å². The molecule has 26 heavy (non-hydrogen) atoms. The van der Waals surface area contributed by atoms with Crippen LogP contribution in [-0.4, -0.2) is 44.7 Å². The molecule has 1 heterocycles. The van der Waals surface area contributed by atoms with Gasteiger partial charge in [-0.25, -0.2) is 4.99 Å². The number of hydrogen-bond donors (Lipinski definition) is 1. The van der Waals surface area contributed by atoms with E-state index >= 15 is 0 Å². The van der Waals surface area contributed by atoms with E-state index in [4.69, 9.17) is 14.5 Å². The standard InChI is InChI=1S/C20H31N3O2.HI/c1-4-21-19(23-13-12-20(15-23)10-5-6-11-20)22-14-16-8-7-9-17(24-2)18(16)25-3;/h7-9H,4-6,10-15H2,1-3H3,(H,21,22);1H. The molecular weight excluding hydrogens is 441 g/mol. The van der Waals surface area contributed by atoms with E-state index in [1.54, 1.807) is 14.2 Å². The molecule has 1 spiro atoms. The molecule has 6 heteroatoms. The van der Waals surface area contributed by atoms with Gasteiger partial charge in [-0.2, -0.15) is 0 Å². The summed E-state index contributed by atoms with van der Waals surface area (Å²) >= 11 is 0. The second-order valence-electron chi connectivity index (χ2n) is 7.20. The molecule has 2 fully saturated rings. The van der Waals surface area contributed by atoms with Crippen molar-refractivity contribution in [3.63, 3.8) is 0 Å². The van der Waals surface area contributed by atoms with Crippen molar-refractivity contribution in [1.29, 1.82) is 0 Å². The number of rotatable bonds is 5. The Morgan fingerprint density at radius 1 is 1.19 bits per heavy atom. The van der Waals surface area contributed by atoms with Crippen LogP contribution in [0.4, 0.5) is 0 Å². The summed E-state index contributed by atoms with van der Waals surface area (Å²) in [5.74, 6) is 2.56. The number of benzene rings is 1. The first kappa shape index (κ1) is 21.1. The molecule has 0 amide bonds. The number of ether oxygens (including phenoxy) is 2. The second kappa shape index (κ2) is 9.67. The molecule has 146 valence electrons. The quantitative estimate of drug-likeness (QED) is 0.398. The van der Waals surface area contributed by atoms with Gasteiger partial charge in [0.1, 0.15) is 0 Å². The molecule has 0 radical (unpaired) electrons. The first-order chi connectivity index (χ1) is 12.2. The van der Waals surface area contributed by atoms with E-state index in [1.807, 2.05) is 12.1 Å². The van der Waals surface area contributed by atoms with Crippen LogP contribution < -0.4 is 14.8 Å². The van der Waals surface area contributed by atoms with Gasteiger partial charge in [-0.15, -0.1) is 24.0 Å². The molecule has 2 aliphatic rings. The minimum atomic E-state index is 0. The van der Waals surface area contributed by atoms with Crippen molar-refractivity contribution in [2.45, 2.75) is 45.6 Å². The van der Waals surface area contributed by atoms with Crippen molar-refractivity contribution in [3.8, 4) is 11.5 Å². The Balaban J connectivity index is 0.00000243. The first-order valence-electron chi connectivity index (χ1n) is 9.44. The minimum absolute atomic E-state index is 0. The average Bonchev–Trinajstić information content (AvgIpc) is 3.28. The smallest absolute Gasteiger partial charge is 0.194 e. The topological polar surface area (TPSA) is 46.1 Å². The summed E-state index contributed by atoms with van der Waals surface area (Å²) in [7, 11) is 3.35. The molecular formula is C20H32IN3O2. The van der Waals surface area contributed by atoms with E-state index in [1.165, 1.54) is 32.1 Å². The monoisotopic (exact) mass is 473 g/mol. The molecule has 0 atom stereocenters.